The number of thiophene rings is 1. The number of Topliss-reactive ketones (excluding diaryl/α,β-unsaturated/α-hetero) is 1. The molecule has 0 aromatic carbocycles. The minimum Gasteiger partial charge on any atom is -0.337 e. The molecule has 1 aliphatic heterocycles. The van der Waals surface area contributed by atoms with Crippen LogP contribution in [0.2, 0.25) is 0 Å². The van der Waals surface area contributed by atoms with Gasteiger partial charge in [-0.3, -0.25) is 9.59 Å². The number of nitrogens with zero attached hydrogens (tertiary/aromatic N) is 1. The smallest absolute Gasteiger partial charge is 0.254 e. The summed E-state index contributed by atoms with van der Waals surface area (Å²) < 4.78 is 22.5. The lowest BCUT2D eigenvalue weighted by Gasteiger charge is -2.26. The SMILES string of the molecule is CC(=O)c1cc(C(=O)N2CCS(=O)(=O)CC2)cs1. The highest BCUT2D eigenvalue weighted by Gasteiger charge is 2.26. The summed E-state index contributed by atoms with van der Waals surface area (Å²) in [6.07, 6.45) is 0. The van der Waals surface area contributed by atoms with Gasteiger partial charge in [0.1, 0.15) is 0 Å². The molecule has 0 spiro atoms. The number of carbonyl (C=O) groups excluding carboxylic acids is 2. The molecule has 0 N–H and O–H groups in total. The summed E-state index contributed by atoms with van der Waals surface area (Å²) in [4.78, 5) is 25.3. The first-order valence-electron chi connectivity index (χ1n) is 5.48. The Morgan fingerprint density at radius 3 is 2.39 bits per heavy atom. The van der Waals surface area contributed by atoms with Gasteiger partial charge in [-0.2, -0.15) is 0 Å². The second kappa shape index (κ2) is 4.81. The van der Waals surface area contributed by atoms with Crippen LogP contribution in [0.5, 0.6) is 0 Å². The van der Waals surface area contributed by atoms with Crippen molar-refractivity contribution in [1.82, 2.24) is 4.90 Å². The molecule has 1 aliphatic rings. The zero-order chi connectivity index (χ0) is 13.3. The molecule has 7 heteroatoms. The Morgan fingerprint density at radius 2 is 1.89 bits per heavy atom. The molecule has 0 aliphatic carbocycles. The molecule has 18 heavy (non-hydrogen) atoms. The Balaban J connectivity index is 2.10. The molecule has 5 nitrogen and oxygen atoms in total. The first-order valence-corrected chi connectivity index (χ1v) is 8.18. The van der Waals surface area contributed by atoms with Crippen molar-refractivity contribution in [3.8, 4) is 0 Å². The van der Waals surface area contributed by atoms with Gasteiger partial charge in [0.05, 0.1) is 21.9 Å². The molecule has 0 unspecified atom stereocenters. The minimum absolute atomic E-state index is 0.0163. The summed E-state index contributed by atoms with van der Waals surface area (Å²) in [5.74, 6) is -0.237. The van der Waals surface area contributed by atoms with E-state index in [4.69, 9.17) is 0 Å². The van der Waals surface area contributed by atoms with Gasteiger partial charge >= 0.3 is 0 Å². The summed E-state index contributed by atoms with van der Waals surface area (Å²) in [5, 5.41) is 1.64. The summed E-state index contributed by atoms with van der Waals surface area (Å²) in [5.41, 5.74) is 0.462. The maximum atomic E-state index is 12.1. The Labute approximate surface area is 109 Å². The van der Waals surface area contributed by atoms with Crippen LogP contribution < -0.4 is 0 Å². The fraction of sp³-hybridized carbons (Fsp3) is 0.455. The molecule has 2 heterocycles. The molecule has 0 radical (unpaired) electrons. The minimum atomic E-state index is -2.99. The molecule has 2 rings (SSSR count). The molecule has 1 fully saturated rings. The van der Waals surface area contributed by atoms with Crippen LogP contribution in [0.3, 0.4) is 0 Å². The van der Waals surface area contributed by atoms with Crippen LogP contribution in [-0.4, -0.2) is 49.6 Å². The van der Waals surface area contributed by atoms with Gasteiger partial charge in [-0.25, -0.2) is 8.42 Å². The van der Waals surface area contributed by atoms with Crippen LogP contribution in [0.4, 0.5) is 0 Å². The average Bonchev–Trinajstić information content (AvgIpc) is 2.77. The summed E-state index contributed by atoms with van der Waals surface area (Å²) in [6.45, 7) is 1.91. The molecular weight excluding hydrogens is 274 g/mol. The Bertz CT molecular complexity index is 574. The topological polar surface area (TPSA) is 71.5 Å². The van der Waals surface area contributed by atoms with Crippen LogP contribution in [0.25, 0.3) is 0 Å². The van der Waals surface area contributed by atoms with Crippen molar-refractivity contribution >= 4 is 32.9 Å². The zero-order valence-corrected chi connectivity index (χ0v) is 11.5. The third-order valence-corrected chi connectivity index (χ3v) is 5.47. The second-order valence-corrected chi connectivity index (χ2v) is 7.41. The standard InChI is InChI=1S/C11H13NO4S2/c1-8(13)10-6-9(7-17-10)11(14)12-2-4-18(15,16)5-3-12/h6-7H,2-5H2,1H3. The molecule has 1 aromatic heterocycles. The van der Waals surface area contributed by atoms with E-state index in [1.807, 2.05) is 0 Å². The quantitative estimate of drug-likeness (QED) is 0.755. The summed E-state index contributed by atoms with van der Waals surface area (Å²) in [7, 11) is -2.99. The van der Waals surface area contributed by atoms with Crippen LogP contribution in [0, 0.1) is 0 Å². The van der Waals surface area contributed by atoms with E-state index in [1.165, 1.54) is 23.2 Å². The van der Waals surface area contributed by atoms with E-state index in [1.54, 1.807) is 11.4 Å². The lowest BCUT2D eigenvalue weighted by Crippen LogP contribution is -2.43. The highest BCUT2D eigenvalue weighted by atomic mass is 32.2. The molecule has 1 saturated heterocycles. The third kappa shape index (κ3) is 2.78. The Morgan fingerprint density at radius 1 is 1.28 bits per heavy atom. The first kappa shape index (κ1) is 13.2. The van der Waals surface area contributed by atoms with Gasteiger partial charge in [0.25, 0.3) is 5.91 Å². The highest BCUT2D eigenvalue weighted by molar-refractivity contribution is 7.91. The molecule has 1 aromatic rings. The fourth-order valence-electron chi connectivity index (χ4n) is 1.73. The van der Waals surface area contributed by atoms with E-state index in [0.717, 1.165) is 0 Å². The van der Waals surface area contributed by atoms with Crippen LogP contribution in [-0.2, 0) is 9.84 Å². The van der Waals surface area contributed by atoms with Crippen molar-refractivity contribution < 1.29 is 18.0 Å². The van der Waals surface area contributed by atoms with Gasteiger partial charge in [0, 0.05) is 18.5 Å². The van der Waals surface area contributed by atoms with Gasteiger partial charge in [-0.1, -0.05) is 0 Å². The molecule has 0 saturated carbocycles. The van der Waals surface area contributed by atoms with E-state index < -0.39 is 9.84 Å². The molecule has 98 valence electrons. The van der Waals surface area contributed by atoms with Crippen LogP contribution in [0.1, 0.15) is 27.0 Å². The van der Waals surface area contributed by atoms with Gasteiger partial charge in [0.2, 0.25) is 0 Å². The van der Waals surface area contributed by atoms with E-state index in [2.05, 4.69) is 0 Å². The van der Waals surface area contributed by atoms with Crippen molar-refractivity contribution in [1.29, 1.82) is 0 Å². The summed E-state index contributed by atoms with van der Waals surface area (Å²) >= 11 is 1.23. The van der Waals surface area contributed by atoms with Crippen molar-refractivity contribution in [3.05, 3.63) is 21.9 Å². The maximum absolute atomic E-state index is 12.1. The molecular formula is C11H13NO4S2. The average molecular weight is 287 g/mol. The second-order valence-electron chi connectivity index (χ2n) is 4.20. The van der Waals surface area contributed by atoms with E-state index in [0.29, 0.717) is 10.4 Å². The monoisotopic (exact) mass is 287 g/mol. The number of amides is 1. The maximum Gasteiger partial charge on any atom is 0.254 e. The Hall–Kier alpha value is -1.21. The molecule has 0 bridgehead atoms. The number of rotatable bonds is 2. The number of ketones is 1. The van der Waals surface area contributed by atoms with Crippen LogP contribution >= 0.6 is 11.3 Å². The van der Waals surface area contributed by atoms with E-state index in [9.17, 15) is 18.0 Å². The fourth-order valence-corrected chi connectivity index (χ4v) is 3.72. The predicted octanol–water partition coefficient (Wildman–Crippen LogP) is 0.821. The zero-order valence-electron chi connectivity index (χ0n) is 9.88. The predicted molar refractivity (Wildman–Crippen MR) is 68.9 cm³/mol. The van der Waals surface area contributed by atoms with Crippen molar-refractivity contribution in [3.63, 3.8) is 0 Å². The number of carbonyl (C=O) groups is 2. The largest absolute Gasteiger partial charge is 0.337 e. The number of sulfone groups is 1. The van der Waals surface area contributed by atoms with Crippen LogP contribution in [0.15, 0.2) is 11.4 Å². The normalized spacial score (nSPS) is 18.6. The third-order valence-electron chi connectivity index (χ3n) is 2.83. The number of hydrogen-bond donors (Lipinski definition) is 0. The lowest BCUT2D eigenvalue weighted by atomic mass is 10.2. The lowest BCUT2D eigenvalue weighted by molar-refractivity contribution is 0.0771. The molecule has 1 amide bonds. The van der Waals surface area contributed by atoms with E-state index >= 15 is 0 Å². The van der Waals surface area contributed by atoms with Crippen molar-refractivity contribution in [2.45, 2.75) is 6.92 Å². The van der Waals surface area contributed by atoms with Gasteiger partial charge in [-0.15, -0.1) is 11.3 Å². The van der Waals surface area contributed by atoms with Gasteiger partial charge < -0.3 is 4.90 Å². The van der Waals surface area contributed by atoms with Gasteiger partial charge in [-0.05, 0) is 13.0 Å². The Kier molecular flexibility index (Phi) is 3.54. The summed E-state index contributed by atoms with van der Waals surface area (Å²) in [6, 6.07) is 1.57. The van der Waals surface area contributed by atoms with E-state index in [-0.39, 0.29) is 36.3 Å². The van der Waals surface area contributed by atoms with Crippen molar-refractivity contribution in [2.24, 2.45) is 0 Å². The molecule has 0 atom stereocenters. The highest BCUT2D eigenvalue weighted by Crippen LogP contribution is 2.18. The number of hydrogen-bond acceptors (Lipinski definition) is 5. The first-order chi connectivity index (χ1) is 8.39. The van der Waals surface area contributed by atoms with Gasteiger partial charge in [0.15, 0.2) is 15.6 Å². The van der Waals surface area contributed by atoms with Crippen molar-refractivity contribution in [2.75, 3.05) is 24.6 Å².